The number of nitrogens with zero attached hydrogens (tertiary/aromatic N) is 5. The third-order valence-electron chi connectivity index (χ3n) is 5.67. The standard InChI is InChI=1S/C22H22ClF3N6O2/c1-12-17(7-8-19(27-12)22(24,25)26)28-21(34)32-11-16(33)9-18(32)20-30-29-13(2)31(20)10-14-3-5-15(23)6-4-14/h3-8,16,18,33H,9-11H2,1-2H3,(H,28,34)/t16-,18?/m1/s1. The Labute approximate surface area is 198 Å². The van der Waals surface area contributed by atoms with E-state index < -0.39 is 30.0 Å². The molecule has 2 atom stereocenters. The number of hydrogen-bond donors (Lipinski definition) is 2. The number of β-amino-alcohol motifs (C(OH)–C–C–N with tert-alkyl or cyclic N) is 1. The van der Waals surface area contributed by atoms with Crippen molar-refractivity contribution in [1.29, 1.82) is 0 Å². The summed E-state index contributed by atoms with van der Waals surface area (Å²) in [6.07, 6.45) is -5.12. The van der Waals surface area contributed by atoms with Gasteiger partial charge in [0.15, 0.2) is 5.82 Å². The largest absolute Gasteiger partial charge is 0.433 e. The number of anilines is 1. The van der Waals surface area contributed by atoms with E-state index in [1.165, 1.54) is 11.8 Å². The van der Waals surface area contributed by atoms with Gasteiger partial charge in [-0.25, -0.2) is 9.78 Å². The number of carbonyl (C=O) groups excluding carboxylic acids is 1. The number of halogens is 4. The monoisotopic (exact) mass is 494 g/mol. The zero-order valence-corrected chi connectivity index (χ0v) is 19.1. The molecule has 0 radical (unpaired) electrons. The second kappa shape index (κ2) is 9.22. The number of aryl methyl sites for hydroxylation is 2. The minimum absolute atomic E-state index is 0.0289. The molecule has 0 aliphatic carbocycles. The van der Waals surface area contributed by atoms with E-state index in [1.807, 2.05) is 16.7 Å². The number of aliphatic hydroxyl groups is 1. The van der Waals surface area contributed by atoms with Crippen molar-refractivity contribution in [2.24, 2.45) is 0 Å². The topological polar surface area (TPSA) is 96.2 Å². The Morgan fingerprint density at radius 2 is 1.88 bits per heavy atom. The first-order valence-electron chi connectivity index (χ1n) is 10.5. The van der Waals surface area contributed by atoms with Crippen LogP contribution < -0.4 is 5.32 Å². The number of amides is 2. The molecule has 34 heavy (non-hydrogen) atoms. The lowest BCUT2D eigenvalue weighted by atomic mass is 10.1. The molecule has 3 aromatic rings. The average molecular weight is 495 g/mol. The maximum absolute atomic E-state index is 13.1. The van der Waals surface area contributed by atoms with Crippen LogP contribution in [0.1, 0.15) is 41.1 Å². The first kappa shape index (κ1) is 24.0. The van der Waals surface area contributed by atoms with Crippen molar-refractivity contribution in [3.05, 3.63) is 70.0 Å². The Morgan fingerprint density at radius 1 is 1.18 bits per heavy atom. The fourth-order valence-electron chi connectivity index (χ4n) is 3.93. The van der Waals surface area contributed by atoms with Gasteiger partial charge in [-0.15, -0.1) is 10.2 Å². The molecule has 1 fully saturated rings. The van der Waals surface area contributed by atoms with E-state index >= 15 is 0 Å². The minimum Gasteiger partial charge on any atom is -0.391 e. The van der Waals surface area contributed by atoms with Crippen LogP contribution in [-0.2, 0) is 12.7 Å². The van der Waals surface area contributed by atoms with Crippen LogP contribution in [0.4, 0.5) is 23.7 Å². The number of benzene rings is 1. The molecular formula is C22H22ClF3N6O2. The summed E-state index contributed by atoms with van der Waals surface area (Å²) in [7, 11) is 0. The molecule has 2 N–H and O–H groups in total. The fraction of sp³-hybridized carbons (Fsp3) is 0.364. The molecule has 3 heterocycles. The normalized spacial score (nSPS) is 18.4. The summed E-state index contributed by atoms with van der Waals surface area (Å²) in [6.45, 7) is 3.65. The first-order valence-corrected chi connectivity index (χ1v) is 10.9. The number of aromatic nitrogens is 4. The number of alkyl halides is 3. The van der Waals surface area contributed by atoms with E-state index in [4.69, 9.17) is 11.6 Å². The van der Waals surface area contributed by atoms with Crippen molar-refractivity contribution in [1.82, 2.24) is 24.6 Å². The SMILES string of the molecule is Cc1nc(C(F)(F)F)ccc1NC(=O)N1C[C@H](O)CC1c1nnc(C)n1Cc1ccc(Cl)cc1. The molecule has 4 rings (SSSR count). The van der Waals surface area contributed by atoms with Crippen LogP contribution in [0.3, 0.4) is 0 Å². The Bertz CT molecular complexity index is 1200. The van der Waals surface area contributed by atoms with Crippen molar-refractivity contribution >= 4 is 23.3 Å². The molecule has 12 heteroatoms. The van der Waals surface area contributed by atoms with Crippen LogP contribution in [-0.4, -0.2) is 48.4 Å². The van der Waals surface area contributed by atoms with Gasteiger partial charge >= 0.3 is 12.2 Å². The molecule has 2 amide bonds. The highest BCUT2D eigenvalue weighted by molar-refractivity contribution is 6.30. The zero-order valence-electron chi connectivity index (χ0n) is 18.3. The van der Waals surface area contributed by atoms with Gasteiger partial charge in [0, 0.05) is 18.0 Å². The van der Waals surface area contributed by atoms with Gasteiger partial charge in [-0.05, 0) is 43.7 Å². The van der Waals surface area contributed by atoms with Crippen molar-refractivity contribution in [2.45, 2.75) is 45.1 Å². The van der Waals surface area contributed by atoms with E-state index in [9.17, 15) is 23.1 Å². The average Bonchev–Trinajstić information content (AvgIpc) is 3.33. The van der Waals surface area contributed by atoms with Crippen molar-refractivity contribution < 1.29 is 23.1 Å². The molecule has 0 saturated carbocycles. The second-order valence-corrected chi connectivity index (χ2v) is 8.57. The van der Waals surface area contributed by atoms with Crippen molar-refractivity contribution in [2.75, 3.05) is 11.9 Å². The van der Waals surface area contributed by atoms with Gasteiger partial charge in [0.05, 0.1) is 30.1 Å². The number of rotatable bonds is 4. The second-order valence-electron chi connectivity index (χ2n) is 8.13. The molecular weight excluding hydrogens is 473 g/mol. The van der Waals surface area contributed by atoms with E-state index in [0.717, 1.165) is 17.7 Å². The summed E-state index contributed by atoms with van der Waals surface area (Å²) in [6, 6.07) is 8.12. The molecule has 0 spiro atoms. The Morgan fingerprint density at radius 3 is 2.53 bits per heavy atom. The number of urea groups is 1. The number of likely N-dealkylation sites (tertiary alicyclic amines) is 1. The summed E-state index contributed by atoms with van der Waals surface area (Å²) in [4.78, 5) is 18.0. The first-order chi connectivity index (χ1) is 16.0. The number of aliphatic hydroxyl groups excluding tert-OH is 1. The highest BCUT2D eigenvalue weighted by Crippen LogP contribution is 2.33. The molecule has 1 aliphatic heterocycles. The van der Waals surface area contributed by atoms with Crippen molar-refractivity contribution in [3.63, 3.8) is 0 Å². The molecule has 1 aliphatic rings. The minimum atomic E-state index is -4.58. The number of carbonyl (C=O) groups is 1. The van der Waals surface area contributed by atoms with E-state index in [2.05, 4.69) is 20.5 Å². The molecule has 180 valence electrons. The predicted molar refractivity (Wildman–Crippen MR) is 118 cm³/mol. The lowest BCUT2D eigenvalue weighted by molar-refractivity contribution is -0.141. The van der Waals surface area contributed by atoms with E-state index in [-0.39, 0.29) is 24.3 Å². The predicted octanol–water partition coefficient (Wildman–Crippen LogP) is 4.35. The number of hydrogen-bond acceptors (Lipinski definition) is 5. The van der Waals surface area contributed by atoms with Gasteiger partial charge in [-0.3, -0.25) is 0 Å². The Kier molecular flexibility index (Phi) is 6.50. The van der Waals surface area contributed by atoms with E-state index in [0.29, 0.717) is 23.2 Å². The van der Waals surface area contributed by atoms with E-state index in [1.54, 1.807) is 19.1 Å². The van der Waals surface area contributed by atoms with Gasteiger partial charge in [-0.1, -0.05) is 23.7 Å². The Balaban J connectivity index is 1.57. The van der Waals surface area contributed by atoms with Gasteiger partial charge in [-0.2, -0.15) is 13.2 Å². The Hall–Kier alpha value is -3.18. The van der Waals surface area contributed by atoms with Crippen LogP contribution in [0.25, 0.3) is 0 Å². The smallest absolute Gasteiger partial charge is 0.391 e. The molecule has 8 nitrogen and oxygen atoms in total. The summed E-state index contributed by atoms with van der Waals surface area (Å²) >= 11 is 5.97. The third-order valence-corrected chi connectivity index (χ3v) is 5.93. The van der Waals surface area contributed by atoms with Crippen molar-refractivity contribution in [3.8, 4) is 0 Å². The van der Waals surface area contributed by atoms with Crippen LogP contribution >= 0.6 is 11.6 Å². The highest BCUT2D eigenvalue weighted by atomic mass is 35.5. The molecule has 2 aromatic heterocycles. The zero-order chi connectivity index (χ0) is 24.6. The summed E-state index contributed by atoms with van der Waals surface area (Å²) in [5.74, 6) is 1.14. The molecule has 1 aromatic carbocycles. The van der Waals surface area contributed by atoms with Gasteiger partial charge in [0.2, 0.25) is 0 Å². The number of nitrogens with one attached hydrogen (secondary N) is 1. The molecule has 1 saturated heterocycles. The summed E-state index contributed by atoms with van der Waals surface area (Å²) < 4.78 is 40.6. The highest BCUT2D eigenvalue weighted by Gasteiger charge is 2.39. The number of pyridine rings is 1. The van der Waals surface area contributed by atoms with Crippen LogP contribution in [0.5, 0.6) is 0 Å². The lowest BCUT2D eigenvalue weighted by Gasteiger charge is -2.25. The summed E-state index contributed by atoms with van der Waals surface area (Å²) in [5.41, 5.74) is 0.0935. The van der Waals surface area contributed by atoms with Crippen LogP contribution in [0.2, 0.25) is 5.02 Å². The van der Waals surface area contributed by atoms with Gasteiger partial charge < -0.3 is 19.9 Å². The summed E-state index contributed by atoms with van der Waals surface area (Å²) in [5, 5.41) is 21.9. The molecule has 1 unspecified atom stereocenters. The maximum Gasteiger partial charge on any atom is 0.433 e. The maximum atomic E-state index is 13.1. The van der Waals surface area contributed by atoms with Crippen LogP contribution in [0, 0.1) is 13.8 Å². The van der Waals surface area contributed by atoms with Gasteiger partial charge in [0.1, 0.15) is 11.5 Å². The quantitative estimate of drug-likeness (QED) is 0.562. The van der Waals surface area contributed by atoms with Crippen LogP contribution in [0.15, 0.2) is 36.4 Å². The van der Waals surface area contributed by atoms with Gasteiger partial charge in [0.25, 0.3) is 0 Å². The lowest BCUT2D eigenvalue weighted by Crippen LogP contribution is -2.36. The molecule has 0 bridgehead atoms. The third kappa shape index (κ3) is 5.00. The fourth-order valence-corrected chi connectivity index (χ4v) is 4.06.